The summed E-state index contributed by atoms with van der Waals surface area (Å²) in [7, 11) is 0. The Balaban J connectivity index is 1.74. The van der Waals surface area contributed by atoms with E-state index in [1.54, 1.807) is 13.0 Å². The van der Waals surface area contributed by atoms with Gasteiger partial charge in [-0.1, -0.05) is 66.7 Å². The summed E-state index contributed by atoms with van der Waals surface area (Å²) in [6, 6.07) is 23.5. The van der Waals surface area contributed by atoms with Crippen LogP contribution < -0.4 is 10.1 Å². The van der Waals surface area contributed by atoms with Gasteiger partial charge in [0.1, 0.15) is 0 Å². The highest BCUT2D eigenvalue weighted by molar-refractivity contribution is 5.78. The van der Waals surface area contributed by atoms with Crippen molar-refractivity contribution < 1.29 is 14.5 Å². The van der Waals surface area contributed by atoms with Crippen LogP contribution in [0.25, 0.3) is 0 Å². The third kappa shape index (κ3) is 4.73. The van der Waals surface area contributed by atoms with Crippen molar-refractivity contribution in [3.8, 4) is 5.75 Å². The summed E-state index contributed by atoms with van der Waals surface area (Å²) in [5, 5.41) is 14.1. The number of aryl methyl sites for hydroxylation is 1. The zero-order valence-electron chi connectivity index (χ0n) is 15.4. The second-order valence-electron chi connectivity index (χ2n) is 6.34. The number of amides is 1. The Morgan fingerprint density at radius 1 is 1.00 bits per heavy atom. The molecule has 0 radical (unpaired) electrons. The number of nitrogens with zero attached hydrogens (tertiary/aromatic N) is 1. The van der Waals surface area contributed by atoms with Gasteiger partial charge in [-0.3, -0.25) is 14.9 Å². The molecule has 0 spiro atoms. The van der Waals surface area contributed by atoms with E-state index < -0.39 is 4.92 Å². The molecule has 6 heteroatoms. The van der Waals surface area contributed by atoms with Crippen molar-refractivity contribution >= 4 is 11.6 Å². The maximum absolute atomic E-state index is 12.5. The number of carbonyl (C=O) groups excluding carboxylic acids is 1. The van der Waals surface area contributed by atoms with Crippen molar-refractivity contribution in [1.82, 2.24) is 5.32 Å². The third-order valence-electron chi connectivity index (χ3n) is 4.24. The summed E-state index contributed by atoms with van der Waals surface area (Å²) in [4.78, 5) is 23.2. The van der Waals surface area contributed by atoms with E-state index in [-0.39, 0.29) is 30.0 Å². The average Bonchev–Trinajstić information content (AvgIpc) is 2.72. The van der Waals surface area contributed by atoms with Crippen LogP contribution in [0.3, 0.4) is 0 Å². The molecule has 142 valence electrons. The molecule has 0 aliphatic heterocycles. The van der Waals surface area contributed by atoms with Crippen molar-refractivity contribution in [1.29, 1.82) is 0 Å². The summed E-state index contributed by atoms with van der Waals surface area (Å²) in [5.41, 5.74) is 2.46. The standard InChI is InChI=1S/C22H20N2O4/c1-16-12-13-20(19(14-16)24(26)27)28-15-21(25)23-22(17-8-4-2-5-9-17)18-10-6-3-7-11-18/h2-14,22H,15H2,1H3,(H,23,25). The molecule has 1 N–H and O–H groups in total. The van der Waals surface area contributed by atoms with E-state index in [1.807, 2.05) is 60.7 Å². The first-order valence-electron chi connectivity index (χ1n) is 8.81. The van der Waals surface area contributed by atoms with Crippen molar-refractivity contribution in [3.05, 3.63) is 106 Å². The van der Waals surface area contributed by atoms with Gasteiger partial charge in [-0.25, -0.2) is 0 Å². The van der Waals surface area contributed by atoms with Gasteiger partial charge in [-0.15, -0.1) is 0 Å². The molecule has 6 nitrogen and oxygen atoms in total. The van der Waals surface area contributed by atoms with Crippen LogP contribution in [-0.2, 0) is 4.79 Å². The zero-order chi connectivity index (χ0) is 19.9. The van der Waals surface area contributed by atoms with Gasteiger partial charge in [0.05, 0.1) is 11.0 Å². The summed E-state index contributed by atoms with van der Waals surface area (Å²) in [6.45, 7) is 1.44. The first-order valence-corrected chi connectivity index (χ1v) is 8.81. The van der Waals surface area contributed by atoms with Crippen LogP contribution in [0.2, 0.25) is 0 Å². The minimum Gasteiger partial charge on any atom is -0.477 e. The number of hydrogen-bond donors (Lipinski definition) is 1. The van der Waals surface area contributed by atoms with Gasteiger partial charge in [-0.05, 0) is 29.7 Å². The Morgan fingerprint density at radius 3 is 2.11 bits per heavy atom. The molecular weight excluding hydrogens is 356 g/mol. The summed E-state index contributed by atoms with van der Waals surface area (Å²) in [6.07, 6.45) is 0. The van der Waals surface area contributed by atoms with E-state index in [9.17, 15) is 14.9 Å². The molecule has 1 amide bonds. The predicted molar refractivity (Wildman–Crippen MR) is 106 cm³/mol. The van der Waals surface area contributed by atoms with E-state index >= 15 is 0 Å². The molecule has 0 saturated carbocycles. The molecule has 0 aliphatic rings. The Labute approximate surface area is 162 Å². The average molecular weight is 376 g/mol. The number of ether oxygens (including phenoxy) is 1. The highest BCUT2D eigenvalue weighted by Crippen LogP contribution is 2.28. The number of carbonyl (C=O) groups is 1. The lowest BCUT2D eigenvalue weighted by Gasteiger charge is -2.20. The molecule has 0 saturated heterocycles. The van der Waals surface area contributed by atoms with Crippen molar-refractivity contribution in [3.63, 3.8) is 0 Å². The quantitative estimate of drug-likeness (QED) is 0.495. The molecule has 0 fully saturated rings. The predicted octanol–water partition coefficient (Wildman–Crippen LogP) is 4.19. The molecule has 0 aromatic heterocycles. The topological polar surface area (TPSA) is 81.5 Å². The van der Waals surface area contributed by atoms with Crippen LogP contribution in [-0.4, -0.2) is 17.4 Å². The van der Waals surface area contributed by atoms with Gasteiger partial charge in [-0.2, -0.15) is 0 Å². The van der Waals surface area contributed by atoms with E-state index in [0.29, 0.717) is 0 Å². The normalized spacial score (nSPS) is 10.5. The van der Waals surface area contributed by atoms with Crippen molar-refractivity contribution in [2.24, 2.45) is 0 Å². The highest BCUT2D eigenvalue weighted by Gasteiger charge is 2.19. The largest absolute Gasteiger partial charge is 0.477 e. The molecule has 0 aliphatic carbocycles. The number of nitro benzene ring substituents is 1. The monoisotopic (exact) mass is 376 g/mol. The molecule has 0 unspecified atom stereocenters. The molecule has 0 atom stereocenters. The highest BCUT2D eigenvalue weighted by atomic mass is 16.6. The lowest BCUT2D eigenvalue weighted by molar-refractivity contribution is -0.385. The molecular formula is C22H20N2O4. The SMILES string of the molecule is Cc1ccc(OCC(=O)NC(c2ccccc2)c2ccccc2)c([N+](=O)[O-])c1. The Kier molecular flexibility index (Phi) is 6.01. The Morgan fingerprint density at radius 2 is 1.57 bits per heavy atom. The van der Waals surface area contributed by atoms with Gasteiger partial charge in [0.25, 0.3) is 5.91 Å². The van der Waals surface area contributed by atoms with Gasteiger partial charge >= 0.3 is 5.69 Å². The summed E-state index contributed by atoms with van der Waals surface area (Å²) in [5.74, 6) is -0.297. The van der Waals surface area contributed by atoms with Crippen LogP contribution >= 0.6 is 0 Å². The fourth-order valence-electron chi connectivity index (χ4n) is 2.89. The maximum atomic E-state index is 12.5. The lowest BCUT2D eigenvalue weighted by Crippen LogP contribution is -2.33. The fraction of sp³-hybridized carbons (Fsp3) is 0.136. The van der Waals surface area contributed by atoms with E-state index in [2.05, 4.69) is 5.32 Å². The van der Waals surface area contributed by atoms with Gasteiger partial charge in [0.2, 0.25) is 0 Å². The Hall–Kier alpha value is -3.67. The first-order chi connectivity index (χ1) is 13.5. The minimum atomic E-state index is -0.517. The van der Waals surface area contributed by atoms with Crippen LogP contribution in [0.4, 0.5) is 5.69 Å². The molecule has 3 aromatic rings. The van der Waals surface area contributed by atoms with Gasteiger partial charge < -0.3 is 10.1 Å². The van der Waals surface area contributed by atoms with E-state index in [4.69, 9.17) is 4.74 Å². The molecule has 28 heavy (non-hydrogen) atoms. The second-order valence-corrected chi connectivity index (χ2v) is 6.34. The van der Waals surface area contributed by atoms with Crippen LogP contribution in [0.1, 0.15) is 22.7 Å². The van der Waals surface area contributed by atoms with Crippen LogP contribution in [0, 0.1) is 17.0 Å². The van der Waals surface area contributed by atoms with Crippen molar-refractivity contribution in [2.45, 2.75) is 13.0 Å². The molecule has 3 rings (SSSR count). The fourth-order valence-corrected chi connectivity index (χ4v) is 2.89. The zero-order valence-corrected chi connectivity index (χ0v) is 15.4. The minimum absolute atomic E-state index is 0.0710. The van der Waals surface area contributed by atoms with E-state index in [0.717, 1.165) is 16.7 Å². The lowest BCUT2D eigenvalue weighted by atomic mass is 9.99. The second kappa shape index (κ2) is 8.81. The summed E-state index contributed by atoms with van der Waals surface area (Å²) < 4.78 is 5.43. The van der Waals surface area contributed by atoms with Gasteiger partial charge in [0.15, 0.2) is 12.4 Å². The number of rotatable bonds is 7. The number of hydrogen-bond acceptors (Lipinski definition) is 4. The summed E-state index contributed by atoms with van der Waals surface area (Å²) >= 11 is 0. The van der Waals surface area contributed by atoms with Crippen LogP contribution in [0.15, 0.2) is 78.9 Å². The number of nitrogens with one attached hydrogen (secondary N) is 1. The number of nitro groups is 1. The maximum Gasteiger partial charge on any atom is 0.311 e. The first kappa shape index (κ1) is 19.1. The Bertz CT molecular complexity index is 919. The number of benzene rings is 3. The third-order valence-corrected chi connectivity index (χ3v) is 4.24. The van der Waals surface area contributed by atoms with E-state index in [1.165, 1.54) is 12.1 Å². The molecule has 3 aromatic carbocycles. The van der Waals surface area contributed by atoms with Gasteiger partial charge in [0, 0.05) is 6.07 Å². The smallest absolute Gasteiger partial charge is 0.311 e. The molecule has 0 bridgehead atoms. The molecule has 0 heterocycles. The van der Waals surface area contributed by atoms with Crippen molar-refractivity contribution in [2.75, 3.05) is 6.61 Å². The van der Waals surface area contributed by atoms with Crippen LogP contribution in [0.5, 0.6) is 5.75 Å².